The molecule has 3 heterocycles. The normalized spacial score (nSPS) is 14.0. The van der Waals surface area contributed by atoms with Crippen molar-refractivity contribution in [1.29, 1.82) is 0 Å². The molecule has 0 N–H and O–H groups in total. The number of hydrogen-bond acceptors (Lipinski definition) is 6. The summed E-state index contributed by atoms with van der Waals surface area (Å²) < 4.78 is 5.21. The van der Waals surface area contributed by atoms with E-state index in [0.29, 0.717) is 18.8 Å². The molecule has 2 aromatic heterocycles. The van der Waals surface area contributed by atoms with E-state index >= 15 is 0 Å². The van der Waals surface area contributed by atoms with Crippen LogP contribution in [0, 0.1) is 0 Å². The van der Waals surface area contributed by atoms with Crippen molar-refractivity contribution in [3.63, 3.8) is 0 Å². The number of benzene rings is 1. The Hall–Kier alpha value is -3.48. The SMILES string of the molecule is COc1ccc(-c2cc(N3CCN(C(=O)c4ccccn4)CC3)ncn2)cc1. The van der Waals surface area contributed by atoms with E-state index in [0.717, 1.165) is 35.9 Å². The summed E-state index contributed by atoms with van der Waals surface area (Å²) in [5.41, 5.74) is 2.35. The summed E-state index contributed by atoms with van der Waals surface area (Å²) in [5.74, 6) is 1.65. The number of anilines is 1. The Bertz CT molecular complexity index is 939. The molecule has 1 fully saturated rings. The molecule has 1 aromatic carbocycles. The first kappa shape index (κ1) is 17.9. The van der Waals surface area contributed by atoms with Gasteiger partial charge in [-0.15, -0.1) is 0 Å². The molecular weight excluding hydrogens is 354 g/mol. The third-order valence-electron chi connectivity index (χ3n) is 4.81. The minimum atomic E-state index is -0.0261. The molecule has 1 aliphatic rings. The summed E-state index contributed by atoms with van der Waals surface area (Å²) in [4.78, 5) is 29.5. The maximum Gasteiger partial charge on any atom is 0.272 e. The third-order valence-corrected chi connectivity index (χ3v) is 4.81. The van der Waals surface area contributed by atoms with Gasteiger partial charge in [0.15, 0.2) is 0 Å². The van der Waals surface area contributed by atoms with Crippen LogP contribution in [0.5, 0.6) is 5.75 Å². The van der Waals surface area contributed by atoms with E-state index in [1.54, 1.807) is 25.7 Å². The summed E-state index contributed by atoms with van der Waals surface area (Å²) in [5, 5.41) is 0. The van der Waals surface area contributed by atoms with E-state index in [1.807, 2.05) is 47.4 Å². The van der Waals surface area contributed by atoms with Crippen LogP contribution in [0.1, 0.15) is 10.5 Å². The van der Waals surface area contributed by atoms with Crippen molar-refractivity contribution in [3.05, 3.63) is 66.7 Å². The average Bonchev–Trinajstić information content (AvgIpc) is 2.79. The van der Waals surface area contributed by atoms with Gasteiger partial charge in [0.1, 0.15) is 23.6 Å². The fourth-order valence-electron chi connectivity index (χ4n) is 3.23. The number of ether oxygens (including phenoxy) is 1. The van der Waals surface area contributed by atoms with Gasteiger partial charge in [-0.25, -0.2) is 9.97 Å². The monoisotopic (exact) mass is 375 g/mol. The quantitative estimate of drug-likeness (QED) is 0.698. The van der Waals surface area contributed by atoms with E-state index in [4.69, 9.17) is 4.74 Å². The second-order valence-electron chi connectivity index (χ2n) is 6.48. The van der Waals surface area contributed by atoms with Gasteiger partial charge < -0.3 is 14.5 Å². The highest BCUT2D eigenvalue weighted by atomic mass is 16.5. The molecule has 0 radical (unpaired) electrons. The number of aromatic nitrogens is 3. The van der Waals surface area contributed by atoms with Gasteiger partial charge in [-0.05, 0) is 36.4 Å². The number of amides is 1. The standard InChI is InChI=1S/C21H21N5O2/c1-28-17-7-5-16(6-8-17)19-14-20(24-15-23-19)25-10-12-26(13-11-25)21(27)18-4-2-3-9-22-18/h2-9,14-15H,10-13H2,1H3. The Balaban J connectivity index is 1.44. The second kappa shape index (κ2) is 8.04. The maximum atomic E-state index is 12.5. The molecule has 1 aliphatic heterocycles. The van der Waals surface area contributed by atoms with Gasteiger partial charge >= 0.3 is 0 Å². The van der Waals surface area contributed by atoms with Crippen molar-refractivity contribution in [3.8, 4) is 17.0 Å². The van der Waals surface area contributed by atoms with Crippen LogP contribution < -0.4 is 9.64 Å². The van der Waals surface area contributed by atoms with Crippen molar-refractivity contribution in [1.82, 2.24) is 19.9 Å². The van der Waals surface area contributed by atoms with Crippen molar-refractivity contribution in [2.24, 2.45) is 0 Å². The molecule has 142 valence electrons. The molecule has 0 saturated carbocycles. The lowest BCUT2D eigenvalue weighted by Gasteiger charge is -2.35. The highest BCUT2D eigenvalue weighted by Crippen LogP contribution is 2.23. The molecule has 7 nitrogen and oxygen atoms in total. The molecule has 0 bridgehead atoms. The fourth-order valence-corrected chi connectivity index (χ4v) is 3.23. The number of carbonyl (C=O) groups excluding carboxylic acids is 1. The van der Waals surface area contributed by atoms with Gasteiger partial charge in [-0.3, -0.25) is 9.78 Å². The lowest BCUT2D eigenvalue weighted by atomic mass is 10.1. The van der Waals surface area contributed by atoms with E-state index in [9.17, 15) is 4.79 Å². The Morgan fingerprint density at radius 3 is 2.43 bits per heavy atom. The van der Waals surface area contributed by atoms with E-state index in [-0.39, 0.29) is 5.91 Å². The predicted molar refractivity (Wildman–Crippen MR) is 106 cm³/mol. The number of carbonyl (C=O) groups is 1. The predicted octanol–water partition coefficient (Wildman–Crippen LogP) is 2.51. The van der Waals surface area contributed by atoms with Crippen LogP contribution in [-0.4, -0.2) is 59.0 Å². The Kier molecular flexibility index (Phi) is 5.14. The van der Waals surface area contributed by atoms with E-state index < -0.39 is 0 Å². The molecule has 0 aliphatic carbocycles. The third kappa shape index (κ3) is 3.78. The molecule has 28 heavy (non-hydrogen) atoms. The average molecular weight is 375 g/mol. The number of methoxy groups -OCH3 is 1. The lowest BCUT2D eigenvalue weighted by molar-refractivity contribution is 0.0740. The topological polar surface area (TPSA) is 71.5 Å². The highest BCUT2D eigenvalue weighted by Gasteiger charge is 2.23. The number of nitrogens with zero attached hydrogens (tertiary/aromatic N) is 5. The zero-order valence-corrected chi connectivity index (χ0v) is 15.7. The number of rotatable bonds is 4. The molecule has 1 amide bonds. The summed E-state index contributed by atoms with van der Waals surface area (Å²) in [6.07, 6.45) is 3.23. The van der Waals surface area contributed by atoms with Crippen LogP contribution in [0.15, 0.2) is 61.1 Å². The van der Waals surface area contributed by atoms with Crippen LogP contribution in [-0.2, 0) is 0 Å². The molecular formula is C21H21N5O2. The van der Waals surface area contributed by atoms with Crippen molar-refractivity contribution in [2.45, 2.75) is 0 Å². The van der Waals surface area contributed by atoms with E-state index in [2.05, 4.69) is 19.9 Å². The fraction of sp³-hybridized carbons (Fsp3) is 0.238. The van der Waals surface area contributed by atoms with Crippen molar-refractivity contribution < 1.29 is 9.53 Å². The van der Waals surface area contributed by atoms with Gasteiger partial charge in [0, 0.05) is 44.0 Å². The highest BCUT2D eigenvalue weighted by molar-refractivity contribution is 5.92. The number of piperazine rings is 1. The number of pyridine rings is 1. The molecule has 7 heteroatoms. The molecule has 4 rings (SSSR count). The van der Waals surface area contributed by atoms with Crippen LogP contribution in [0.4, 0.5) is 5.82 Å². The Morgan fingerprint density at radius 2 is 1.75 bits per heavy atom. The largest absolute Gasteiger partial charge is 0.497 e. The van der Waals surface area contributed by atoms with Crippen LogP contribution in [0.3, 0.4) is 0 Å². The molecule has 0 spiro atoms. The molecule has 1 saturated heterocycles. The van der Waals surface area contributed by atoms with Crippen LogP contribution in [0.2, 0.25) is 0 Å². The zero-order valence-electron chi connectivity index (χ0n) is 15.7. The summed E-state index contributed by atoms with van der Waals surface area (Å²) in [6, 6.07) is 15.2. The first-order valence-corrected chi connectivity index (χ1v) is 9.16. The number of hydrogen-bond donors (Lipinski definition) is 0. The van der Waals surface area contributed by atoms with E-state index in [1.165, 1.54) is 0 Å². The first-order valence-electron chi connectivity index (χ1n) is 9.16. The van der Waals surface area contributed by atoms with Crippen LogP contribution >= 0.6 is 0 Å². The minimum absolute atomic E-state index is 0.0261. The molecule has 3 aromatic rings. The van der Waals surface area contributed by atoms with Crippen LogP contribution in [0.25, 0.3) is 11.3 Å². The Labute approximate surface area is 163 Å². The van der Waals surface area contributed by atoms with Gasteiger partial charge in [-0.2, -0.15) is 0 Å². The lowest BCUT2D eigenvalue weighted by Crippen LogP contribution is -2.49. The van der Waals surface area contributed by atoms with Gasteiger partial charge in [0.25, 0.3) is 5.91 Å². The maximum absolute atomic E-state index is 12.5. The molecule has 0 unspecified atom stereocenters. The first-order chi connectivity index (χ1) is 13.7. The van der Waals surface area contributed by atoms with Crippen molar-refractivity contribution in [2.75, 3.05) is 38.2 Å². The van der Waals surface area contributed by atoms with Gasteiger partial charge in [0.05, 0.1) is 12.8 Å². The summed E-state index contributed by atoms with van der Waals surface area (Å²) >= 11 is 0. The zero-order chi connectivity index (χ0) is 19.3. The van der Waals surface area contributed by atoms with Crippen molar-refractivity contribution >= 4 is 11.7 Å². The minimum Gasteiger partial charge on any atom is -0.497 e. The summed E-state index contributed by atoms with van der Waals surface area (Å²) in [7, 11) is 1.65. The van der Waals surface area contributed by atoms with Gasteiger partial charge in [-0.1, -0.05) is 6.07 Å². The summed E-state index contributed by atoms with van der Waals surface area (Å²) in [6.45, 7) is 2.71. The smallest absolute Gasteiger partial charge is 0.272 e. The van der Waals surface area contributed by atoms with Gasteiger partial charge in [0.2, 0.25) is 0 Å². The second-order valence-corrected chi connectivity index (χ2v) is 6.48. The Morgan fingerprint density at radius 1 is 0.964 bits per heavy atom. The molecule has 0 atom stereocenters.